The third-order valence-electron chi connectivity index (χ3n) is 4.90. The van der Waals surface area contributed by atoms with Crippen LogP contribution in [-0.4, -0.2) is 31.6 Å². The third kappa shape index (κ3) is 3.39. The molecule has 3 heterocycles. The lowest BCUT2D eigenvalue weighted by atomic mass is 9.97. The van der Waals surface area contributed by atoms with E-state index in [1.165, 1.54) is 6.33 Å². The average molecular weight is 404 g/mol. The van der Waals surface area contributed by atoms with Crippen LogP contribution in [0.2, 0.25) is 5.15 Å². The topological polar surface area (TPSA) is 83.0 Å². The fourth-order valence-electron chi connectivity index (χ4n) is 3.51. The fourth-order valence-corrected chi connectivity index (χ4v) is 3.68. The molecule has 0 aliphatic carbocycles. The van der Waals surface area contributed by atoms with Crippen LogP contribution >= 0.6 is 11.6 Å². The number of halogens is 1. The number of nitriles is 1. The Kier molecular flexibility index (Phi) is 5.10. The van der Waals surface area contributed by atoms with Crippen LogP contribution in [0.25, 0.3) is 16.9 Å². The summed E-state index contributed by atoms with van der Waals surface area (Å²) in [5.74, 6) is 0.488. The van der Waals surface area contributed by atoms with E-state index < -0.39 is 0 Å². The highest BCUT2D eigenvalue weighted by atomic mass is 35.5. The van der Waals surface area contributed by atoms with Gasteiger partial charge in [0.25, 0.3) is 0 Å². The Morgan fingerprint density at radius 1 is 1.21 bits per heavy atom. The highest BCUT2D eigenvalue weighted by Crippen LogP contribution is 2.35. The second-order valence-corrected chi connectivity index (χ2v) is 6.91. The number of anilines is 1. The van der Waals surface area contributed by atoms with Gasteiger partial charge in [-0.1, -0.05) is 48.9 Å². The van der Waals surface area contributed by atoms with Crippen molar-refractivity contribution in [3.63, 3.8) is 0 Å². The summed E-state index contributed by atoms with van der Waals surface area (Å²) in [7, 11) is 1.90. The Morgan fingerprint density at radius 2 is 2.00 bits per heavy atom. The first kappa shape index (κ1) is 18.8. The zero-order chi connectivity index (χ0) is 20.4. The van der Waals surface area contributed by atoms with Gasteiger partial charge in [-0.15, -0.1) is 0 Å². The molecule has 1 aromatic carbocycles. The molecule has 29 heavy (non-hydrogen) atoms. The Bertz CT molecular complexity index is 1200. The van der Waals surface area contributed by atoms with Crippen molar-refractivity contribution in [3.8, 4) is 17.3 Å². The first-order valence-corrected chi connectivity index (χ1v) is 9.55. The van der Waals surface area contributed by atoms with Gasteiger partial charge in [-0.3, -0.25) is 0 Å². The van der Waals surface area contributed by atoms with Gasteiger partial charge in [-0.2, -0.15) is 10.4 Å². The molecule has 0 amide bonds. The maximum Gasteiger partial charge on any atom is 0.153 e. The molecule has 4 aromatic rings. The second kappa shape index (κ2) is 7.86. The minimum Gasteiger partial charge on any atom is -0.351 e. The van der Waals surface area contributed by atoms with Gasteiger partial charge in [0.05, 0.1) is 11.7 Å². The van der Waals surface area contributed by atoms with Gasteiger partial charge in [-0.05, 0) is 12.5 Å². The quantitative estimate of drug-likeness (QED) is 0.462. The van der Waals surface area contributed by atoms with Crippen molar-refractivity contribution in [2.75, 3.05) is 11.9 Å². The van der Waals surface area contributed by atoms with E-state index >= 15 is 0 Å². The SMILES string of the molecule is CCC(c1cc2nccn2nc1-c1ccccc1)N(C)c1ncnc(Cl)c1C#N. The maximum atomic E-state index is 9.55. The standard InChI is InChI=1S/C21H18ClN7/c1-3-17(28(2)21-16(12-23)20(22)25-13-26-21)15-11-18-24-9-10-29(18)27-19(15)14-7-5-4-6-8-14/h4-11,13,17H,3H2,1-2H3. The number of benzene rings is 1. The van der Waals surface area contributed by atoms with Crippen LogP contribution in [0.15, 0.2) is 55.1 Å². The zero-order valence-electron chi connectivity index (χ0n) is 16.0. The van der Waals surface area contributed by atoms with Crippen LogP contribution in [0.4, 0.5) is 5.82 Å². The highest BCUT2D eigenvalue weighted by molar-refractivity contribution is 6.30. The van der Waals surface area contributed by atoms with Crippen molar-refractivity contribution in [1.82, 2.24) is 24.6 Å². The Labute approximate surface area is 173 Å². The van der Waals surface area contributed by atoms with E-state index in [0.717, 1.165) is 28.9 Å². The molecule has 0 spiro atoms. The number of rotatable bonds is 5. The van der Waals surface area contributed by atoms with Gasteiger partial charge in [-0.25, -0.2) is 19.5 Å². The minimum absolute atomic E-state index is 0.0996. The highest BCUT2D eigenvalue weighted by Gasteiger charge is 2.25. The predicted molar refractivity (Wildman–Crippen MR) is 112 cm³/mol. The lowest BCUT2D eigenvalue weighted by molar-refractivity contribution is 0.636. The maximum absolute atomic E-state index is 9.55. The second-order valence-electron chi connectivity index (χ2n) is 6.55. The van der Waals surface area contributed by atoms with E-state index in [2.05, 4.69) is 27.9 Å². The fraction of sp³-hybridized carbons (Fsp3) is 0.190. The van der Waals surface area contributed by atoms with E-state index in [4.69, 9.17) is 16.7 Å². The molecule has 7 nitrogen and oxygen atoms in total. The molecule has 8 heteroatoms. The van der Waals surface area contributed by atoms with Crippen molar-refractivity contribution in [3.05, 3.63) is 71.4 Å². The smallest absolute Gasteiger partial charge is 0.153 e. The van der Waals surface area contributed by atoms with Crippen molar-refractivity contribution in [2.45, 2.75) is 19.4 Å². The number of fused-ring (bicyclic) bond motifs is 1. The lowest BCUT2D eigenvalue weighted by Gasteiger charge is -2.30. The molecule has 144 valence electrons. The summed E-state index contributed by atoms with van der Waals surface area (Å²) in [5.41, 5.74) is 3.87. The molecular formula is C21H18ClN7. The predicted octanol–water partition coefficient (Wildman–Crippen LogP) is 4.30. The molecule has 3 aromatic heterocycles. The van der Waals surface area contributed by atoms with Crippen LogP contribution in [0.1, 0.15) is 30.5 Å². The monoisotopic (exact) mass is 403 g/mol. The van der Waals surface area contributed by atoms with Crippen LogP contribution in [0, 0.1) is 11.3 Å². The van der Waals surface area contributed by atoms with Gasteiger partial charge in [0.15, 0.2) is 16.6 Å². The largest absolute Gasteiger partial charge is 0.351 e. The van der Waals surface area contributed by atoms with E-state index in [-0.39, 0.29) is 16.8 Å². The Balaban J connectivity index is 1.90. The summed E-state index contributed by atoms with van der Waals surface area (Å²) in [4.78, 5) is 14.6. The van der Waals surface area contributed by atoms with Crippen molar-refractivity contribution >= 4 is 23.1 Å². The number of nitrogens with zero attached hydrogens (tertiary/aromatic N) is 7. The van der Waals surface area contributed by atoms with Gasteiger partial charge in [0.1, 0.15) is 18.0 Å². The first-order chi connectivity index (χ1) is 14.1. The van der Waals surface area contributed by atoms with Crippen LogP contribution < -0.4 is 4.90 Å². The zero-order valence-corrected chi connectivity index (χ0v) is 16.7. The number of hydrogen-bond donors (Lipinski definition) is 0. The summed E-state index contributed by atoms with van der Waals surface area (Å²) in [5, 5.41) is 14.5. The summed E-state index contributed by atoms with van der Waals surface area (Å²) < 4.78 is 1.76. The molecule has 0 saturated heterocycles. The molecule has 0 bridgehead atoms. The van der Waals surface area contributed by atoms with E-state index in [1.54, 1.807) is 10.7 Å². The summed E-state index contributed by atoms with van der Waals surface area (Å²) in [6, 6.07) is 14.1. The van der Waals surface area contributed by atoms with Crippen molar-refractivity contribution in [2.24, 2.45) is 0 Å². The molecule has 0 fully saturated rings. The van der Waals surface area contributed by atoms with Crippen molar-refractivity contribution in [1.29, 1.82) is 5.26 Å². The molecule has 1 atom stereocenters. The van der Waals surface area contributed by atoms with Gasteiger partial charge in [0.2, 0.25) is 0 Å². The number of hydrogen-bond acceptors (Lipinski definition) is 6. The first-order valence-electron chi connectivity index (χ1n) is 9.17. The molecular weight excluding hydrogens is 386 g/mol. The molecule has 0 N–H and O–H groups in total. The average Bonchev–Trinajstić information content (AvgIpc) is 3.21. The van der Waals surface area contributed by atoms with Gasteiger partial charge >= 0.3 is 0 Å². The minimum atomic E-state index is -0.0996. The van der Waals surface area contributed by atoms with Crippen LogP contribution in [0.5, 0.6) is 0 Å². The van der Waals surface area contributed by atoms with Crippen LogP contribution in [0.3, 0.4) is 0 Å². The molecule has 0 saturated carbocycles. The van der Waals surface area contributed by atoms with E-state index in [0.29, 0.717) is 5.82 Å². The third-order valence-corrected chi connectivity index (χ3v) is 5.19. The molecule has 0 radical (unpaired) electrons. The van der Waals surface area contributed by atoms with Crippen molar-refractivity contribution < 1.29 is 0 Å². The molecule has 1 unspecified atom stereocenters. The van der Waals surface area contributed by atoms with E-state index in [9.17, 15) is 5.26 Å². The molecule has 0 aliphatic heterocycles. The Hall–Kier alpha value is -3.50. The summed E-state index contributed by atoms with van der Waals surface area (Å²) in [6.07, 6.45) is 5.69. The summed E-state index contributed by atoms with van der Waals surface area (Å²) in [6.45, 7) is 2.08. The van der Waals surface area contributed by atoms with Gasteiger partial charge in [0, 0.05) is 30.6 Å². The lowest BCUT2D eigenvalue weighted by Crippen LogP contribution is -2.26. The van der Waals surface area contributed by atoms with E-state index in [1.807, 2.05) is 54.5 Å². The number of aromatic nitrogens is 5. The Morgan fingerprint density at radius 3 is 2.72 bits per heavy atom. The number of imidazole rings is 1. The van der Waals surface area contributed by atoms with Gasteiger partial charge < -0.3 is 4.90 Å². The van der Waals surface area contributed by atoms with Crippen LogP contribution in [-0.2, 0) is 0 Å². The molecule has 0 aliphatic rings. The molecule has 4 rings (SSSR count). The normalized spacial score (nSPS) is 11.9. The summed E-state index contributed by atoms with van der Waals surface area (Å²) >= 11 is 6.13.